The van der Waals surface area contributed by atoms with Crippen LogP contribution in [0.1, 0.15) is 20.8 Å². The molecule has 0 bridgehead atoms. The van der Waals surface area contributed by atoms with Crippen molar-refractivity contribution in [1.82, 2.24) is 0 Å². The molecule has 2 N–H and O–H groups in total. The van der Waals surface area contributed by atoms with E-state index in [1.165, 1.54) is 18.4 Å². The number of benzene rings is 2. The van der Waals surface area contributed by atoms with Crippen molar-refractivity contribution >= 4 is 56.9 Å². The second-order valence-electron chi connectivity index (χ2n) is 6.37. The van der Waals surface area contributed by atoms with Gasteiger partial charge < -0.3 is 15.4 Å². The van der Waals surface area contributed by atoms with E-state index in [0.717, 1.165) is 28.6 Å². The highest BCUT2D eigenvalue weighted by Crippen LogP contribution is 2.40. The van der Waals surface area contributed by atoms with Crippen LogP contribution < -0.4 is 10.6 Å². The molecule has 0 amide bonds. The summed E-state index contributed by atoms with van der Waals surface area (Å²) in [6.45, 7) is 1.85. The number of aryl methyl sites for hydroxylation is 1. The number of carbonyl (C=O) groups is 1. The normalized spacial score (nSPS) is 11.2. The molecule has 0 aliphatic carbocycles. The Morgan fingerprint density at radius 2 is 1.81 bits per heavy atom. The predicted molar refractivity (Wildman–Crippen MR) is 122 cm³/mol. The summed E-state index contributed by atoms with van der Waals surface area (Å²) >= 11 is 12.6. The Balaban J connectivity index is 1.93. The van der Waals surface area contributed by atoms with Crippen LogP contribution in [0.2, 0.25) is 5.02 Å². The summed E-state index contributed by atoms with van der Waals surface area (Å²) in [5.41, 5.74) is 0.931. The molecule has 0 atom stereocenters. The lowest BCUT2D eigenvalue weighted by atomic mass is 10.0. The van der Waals surface area contributed by atoms with Crippen LogP contribution in [-0.2, 0) is 10.9 Å². The minimum atomic E-state index is -4.52. The molecule has 1 aromatic heterocycles. The zero-order valence-electron chi connectivity index (χ0n) is 16.3. The highest BCUT2D eigenvalue weighted by Gasteiger charge is 2.31. The number of halogens is 4. The summed E-state index contributed by atoms with van der Waals surface area (Å²) in [5.74, 6) is -0.564. The molecule has 162 valence electrons. The van der Waals surface area contributed by atoms with Crippen molar-refractivity contribution < 1.29 is 22.7 Å². The van der Waals surface area contributed by atoms with Gasteiger partial charge in [-0.1, -0.05) is 41.9 Å². The first kappa shape index (κ1) is 23.1. The molecule has 2 aromatic carbocycles. The lowest BCUT2D eigenvalue weighted by Crippen LogP contribution is -2.20. The number of hydrogen-bond acceptors (Lipinski definition) is 4. The molecule has 0 aliphatic rings. The van der Waals surface area contributed by atoms with E-state index in [-0.39, 0.29) is 21.4 Å². The third-order valence-electron chi connectivity index (χ3n) is 4.31. The van der Waals surface area contributed by atoms with Crippen LogP contribution in [0.5, 0.6) is 0 Å². The van der Waals surface area contributed by atoms with Gasteiger partial charge in [0.1, 0.15) is 10.6 Å². The molecular formula is C21H16ClF3N2O2S2. The summed E-state index contributed by atoms with van der Waals surface area (Å²) in [4.78, 5) is 13.4. The van der Waals surface area contributed by atoms with Gasteiger partial charge in [0.05, 0.1) is 23.4 Å². The molecule has 1 heterocycles. The Morgan fingerprint density at radius 3 is 2.42 bits per heavy atom. The second-order valence-corrected chi connectivity index (χ2v) is 8.41. The monoisotopic (exact) mass is 484 g/mol. The summed E-state index contributed by atoms with van der Waals surface area (Å²) < 4.78 is 44.0. The molecule has 0 saturated carbocycles. The Labute approximate surface area is 191 Å². The zero-order chi connectivity index (χ0) is 22.8. The van der Waals surface area contributed by atoms with E-state index in [0.29, 0.717) is 10.6 Å². The molecule has 3 aromatic rings. The topological polar surface area (TPSA) is 50.4 Å². The van der Waals surface area contributed by atoms with E-state index in [9.17, 15) is 18.0 Å². The van der Waals surface area contributed by atoms with Crippen molar-refractivity contribution in [1.29, 1.82) is 0 Å². The lowest BCUT2D eigenvalue weighted by Gasteiger charge is -2.14. The molecule has 0 unspecified atom stereocenters. The first-order chi connectivity index (χ1) is 14.6. The van der Waals surface area contributed by atoms with Crippen molar-refractivity contribution in [2.24, 2.45) is 0 Å². The van der Waals surface area contributed by atoms with Crippen LogP contribution in [0.25, 0.3) is 11.1 Å². The predicted octanol–water partition coefficient (Wildman–Crippen LogP) is 6.99. The fourth-order valence-electron chi connectivity index (χ4n) is 2.94. The molecule has 3 rings (SSSR count). The zero-order valence-corrected chi connectivity index (χ0v) is 18.7. The van der Waals surface area contributed by atoms with Gasteiger partial charge in [0.2, 0.25) is 0 Å². The van der Waals surface area contributed by atoms with E-state index in [1.54, 1.807) is 0 Å². The maximum absolute atomic E-state index is 13.0. The van der Waals surface area contributed by atoms with Gasteiger partial charge in [0.15, 0.2) is 5.11 Å². The number of carbonyl (C=O) groups excluding carboxylic acids is 1. The Kier molecular flexibility index (Phi) is 6.88. The van der Waals surface area contributed by atoms with Gasteiger partial charge in [-0.2, -0.15) is 13.2 Å². The smallest absolute Gasteiger partial charge is 0.416 e. The first-order valence-electron chi connectivity index (χ1n) is 8.83. The van der Waals surface area contributed by atoms with Crippen molar-refractivity contribution in [2.75, 3.05) is 17.7 Å². The molecule has 0 saturated heterocycles. The molecule has 31 heavy (non-hydrogen) atoms. The molecule has 0 aliphatic heterocycles. The number of thiocarbonyl (C=S) groups is 1. The van der Waals surface area contributed by atoms with Crippen LogP contribution in [0.4, 0.5) is 23.9 Å². The minimum Gasteiger partial charge on any atom is -0.465 e. The van der Waals surface area contributed by atoms with Gasteiger partial charge in [-0.25, -0.2) is 4.79 Å². The number of thiophene rings is 1. The first-order valence-corrected chi connectivity index (χ1v) is 10.4. The number of rotatable bonds is 4. The fraction of sp³-hybridized carbons (Fsp3) is 0.143. The summed E-state index contributed by atoms with van der Waals surface area (Å²) in [7, 11) is 1.27. The van der Waals surface area contributed by atoms with Gasteiger partial charge in [0, 0.05) is 10.4 Å². The fourth-order valence-corrected chi connectivity index (χ4v) is 4.45. The molecular weight excluding hydrogens is 469 g/mol. The van der Waals surface area contributed by atoms with Crippen LogP contribution in [0.3, 0.4) is 0 Å². The van der Waals surface area contributed by atoms with Crippen molar-refractivity contribution in [3.63, 3.8) is 0 Å². The number of nitrogens with one attached hydrogen (secondary N) is 2. The highest BCUT2D eigenvalue weighted by molar-refractivity contribution is 7.80. The van der Waals surface area contributed by atoms with Crippen LogP contribution >= 0.6 is 35.2 Å². The Hall–Kier alpha value is -2.62. The van der Waals surface area contributed by atoms with Gasteiger partial charge in [-0.3, -0.25) is 0 Å². The Bertz CT molecular complexity index is 1130. The van der Waals surface area contributed by atoms with E-state index >= 15 is 0 Å². The van der Waals surface area contributed by atoms with Crippen molar-refractivity contribution in [2.45, 2.75) is 13.1 Å². The van der Waals surface area contributed by atoms with Gasteiger partial charge in [0.25, 0.3) is 0 Å². The van der Waals surface area contributed by atoms with Crippen LogP contribution in [0, 0.1) is 6.92 Å². The number of methoxy groups -OCH3 is 1. The van der Waals surface area contributed by atoms with Crippen molar-refractivity contribution in [3.8, 4) is 11.1 Å². The number of alkyl halides is 3. The highest BCUT2D eigenvalue weighted by atomic mass is 35.5. The second kappa shape index (κ2) is 9.25. The van der Waals surface area contributed by atoms with Crippen LogP contribution in [0.15, 0.2) is 48.5 Å². The Morgan fingerprint density at radius 1 is 1.13 bits per heavy atom. The van der Waals surface area contributed by atoms with Crippen molar-refractivity contribution in [3.05, 3.63) is 69.6 Å². The molecule has 0 fully saturated rings. The van der Waals surface area contributed by atoms with E-state index in [2.05, 4.69) is 10.6 Å². The number of hydrogen-bond donors (Lipinski definition) is 2. The van der Waals surface area contributed by atoms with Gasteiger partial charge in [-0.15, -0.1) is 11.3 Å². The standard InChI is InChI=1S/C21H16ClF3N2O2S2/c1-11-16(12-6-4-3-5-7-12)17(19(28)29-2)18(31-11)27-20(30)26-15-10-13(21(23,24)25)8-9-14(15)22/h3-10H,1-2H3,(H2,26,27,30). The average Bonchev–Trinajstić information content (AvgIpc) is 3.04. The molecule has 4 nitrogen and oxygen atoms in total. The molecule has 10 heteroatoms. The number of anilines is 2. The van der Waals surface area contributed by atoms with E-state index < -0.39 is 17.7 Å². The van der Waals surface area contributed by atoms with E-state index in [4.69, 9.17) is 28.6 Å². The third kappa shape index (κ3) is 5.17. The SMILES string of the molecule is COC(=O)c1c(NC(=S)Nc2cc(C(F)(F)F)ccc2Cl)sc(C)c1-c1ccccc1. The van der Waals surface area contributed by atoms with Gasteiger partial charge in [-0.05, 0) is 42.9 Å². The minimum absolute atomic E-state index is 0.00910. The van der Waals surface area contributed by atoms with E-state index in [1.807, 2.05) is 37.3 Å². The summed E-state index contributed by atoms with van der Waals surface area (Å²) in [6.07, 6.45) is -4.52. The largest absolute Gasteiger partial charge is 0.465 e. The average molecular weight is 485 g/mol. The van der Waals surface area contributed by atoms with Gasteiger partial charge >= 0.3 is 12.1 Å². The molecule has 0 spiro atoms. The summed E-state index contributed by atoms with van der Waals surface area (Å²) in [6, 6.07) is 12.2. The number of ether oxygens (including phenoxy) is 1. The van der Waals surface area contributed by atoms with Crippen LogP contribution in [-0.4, -0.2) is 18.2 Å². The third-order valence-corrected chi connectivity index (χ3v) is 5.86. The quantitative estimate of drug-likeness (QED) is 0.308. The number of esters is 1. The lowest BCUT2D eigenvalue weighted by molar-refractivity contribution is -0.137. The maximum atomic E-state index is 13.0. The molecule has 0 radical (unpaired) electrons. The summed E-state index contributed by atoms with van der Waals surface area (Å²) in [5, 5.41) is 6.01. The maximum Gasteiger partial charge on any atom is 0.416 e.